The van der Waals surface area contributed by atoms with Gasteiger partial charge >= 0.3 is 0 Å². The minimum atomic E-state index is -0.617. The Bertz CT molecular complexity index is 3800. The lowest BCUT2D eigenvalue weighted by Crippen LogP contribution is -2.28. The Balaban J connectivity index is 0.923. The van der Waals surface area contributed by atoms with Crippen LogP contribution < -0.4 is 0 Å². The molecule has 0 fully saturated rings. The summed E-state index contributed by atoms with van der Waals surface area (Å²) < 4.78 is 2.54. The Morgan fingerprint density at radius 2 is 1.15 bits per heavy atom. The molecule has 3 atom stereocenters. The average Bonchev–Trinajstić information content (AvgIpc) is 4.22. The lowest BCUT2D eigenvalue weighted by Gasteiger charge is -2.33. The fourth-order valence-electron chi connectivity index (χ4n) is 14.3. The zero-order valence-electron chi connectivity index (χ0n) is 38.0. The highest BCUT2D eigenvalue weighted by Gasteiger charge is 2.54. The molecule has 2 heteroatoms. The number of aromatic nitrogens is 1. The van der Waals surface area contributed by atoms with E-state index < -0.39 is 10.8 Å². The van der Waals surface area contributed by atoms with E-state index in [1.54, 1.807) is 0 Å². The molecule has 2 nitrogen and oxygen atoms in total. The maximum Gasteiger partial charge on any atom is 0.193 e. The van der Waals surface area contributed by atoms with Gasteiger partial charge in [-0.15, -0.1) is 6.42 Å². The van der Waals surface area contributed by atoms with Crippen LogP contribution in [0.2, 0.25) is 0 Å². The van der Waals surface area contributed by atoms with Crippen molar-refractivity contribution in [3.8, 4) is 51.4 Å². The van der Waals surface area contributed by atoms with Gasteiger partial charge in [-0.2, -0.15) is 0 Å². The second kappa shape index (κ2) is 13.3. The molecule has 0 saturated heterocycles. The van der Waals surface area contributed by atoms with E-state index >= 15 is 4.79 Å². The molecule has 0 N–H and O–H groups in total. The van der Waals surface area contributed by atoms with Crippen molar-refractivity contribution in [3.63, 3.8) is 0 Å². The fourth-order valence-corrected chi connectivity index (χ4v) is 14.3. The van der Waals surface area contributed by atoms with Crippen LogP contribution in [0.4, 0.5) is 0 Å². The first-order chi connectivity index (χ1) is 33.4. The van der Waals surface area contributed by atoms with Gasteiger partial charge in [0, 0.05) is 33.8 Å². The molecule has 2 spiro atoms. The molecule has 0 radical (unpaired) electrons. The summed E-state index contributed by atoms with van der Waals surface area (Å²) in [5.74, 6) is 3.94. The molecular weight excluding hydrogens is 823 g/mol. The number of hydrogen-bond acceptors (Lipinski definition) is 1. The number of hydrogen-bond donors (Lipinski definition) is 0. The van der Waals surface area contributed by atoms with Gasteiger partial charge in [0.1, 0.15) is 0 Å². The van der Waals surface area contributed by atoms with Crippen molar-refractivity contribution in [2.45, 2.75) is 49.9 Å². The van der Waals surface area contributed by atoms with Crippen molar-refractivity contribution >= 4 is 23.5 Å². The van der Waals surface area contributed by atoms with Crippen LogP contribution in [-0.4, -0.2) is 10.4 Å². The molecule has 0 saturated carbocycles. The average molecular weight is 868 g/mol. The summed E-state index contributed by atoms with van der Waals surface area (Å²) in [4.78, 5) is 15.5. The summed E-state index contributed by atoms with van der Waals surface area (Å²) in [5, 5.41) is 0. The molecule has 68 heavy (non-hydrogen) atoms. The Morgan fingerprint density at radius 3 is 1.82 bits per heavy atom. The minimum absolute atomic E-state index is 0.0231. The second-order valence-electron chi connectivity index (χ2n) is 20.2. The van der Waals surface area contributed by atoms with E-state index in [2.05, 4.69) is 194 Å². The third kappa shape index (κ3) is 4.53. The molecule has 8 aromatic rings. The number of allylic oxidation sites excluding steroid dienone is 6. The van der Waals surface area contributed by atoms with Crippen molar-refractivity contribution in [1.29, 1.82) is 0 Å². The lowest BCUT2D eigenvalue weighted by molar-refractivity contribution is 0.103. The number of terminal acetylenes is 1. The maximum absolute atomic E-state index is 15.5. The van der Waals surface area contributed by atoms with Crippen LogP contribution in [0.25, 0.3) is 56.8 Å². The Kier molecular flexibility index (Phi) is 7.48. The van der Waals surface area contributed by atoms with Gasteiger partial charge < -0.3 is 4.57 Å². The Labute approximate surface area is 397 Å². The van der Waals surface area contributed by atoms with E-state index in [4.69, 9.17) is 6.42 Å². The number of fused-ring (bicyclic) bond motifs is 22. The largest absolute Gasteiger partial charge is 0.310 e. The number of nitrogens with zero attached hydrogens (tertiary/aromatic N) is 1. The summed E-state index contributed by atoms with van der Waals surface area (Å²) in [7, 11) is 0. The van der Waals surface area contributed by atoms with Gasteiger partial charge in [-0.05, 0) is 180 Å². The van der Waals surface area contributed by atoms with Crippen molar-refractivity contribution < 1.29 is 4.79 Å². The van der Waals surface area contributed by atoms with E-state index in [0.29, 0.717) is 23.0 Å². The summed E-state index contributed by atoms with van der Waals surface area (Å²) in [5.41, 5.74) is 27.6. The van der Waals surface area contributed by atoms with Crippen molar-refractivity contribution in [2.24, 2.45) is 5.92 Å². The summed E-state index contributed by atoms with van der Waals surface area (Å²) in [6.45, 7) is 4.73. The first-order valence-corrected chi connectivity index (χ1v) is 24.3. The molecule has 0 amide bonds. The topological polar surface area (TPSA) is 22.0 Å². The number of ketones is 1. The van der Waals surface area contributed by atoms with E-state index in [0.717, 1.165) is 41.5 Å². The highest BCUT2D eigenvalue weighted by atomic mass is 16.1. The van der Waals surface area contributed by atoms with Gasteiger partial charge in [0.25, 0.3) is 0 Å². The van der Waals surface area contributed by atoms with Crippen LogP contribution in [0.5, 0.6) is 0 Å². The van der Waals surface area contributed by atoms with Gasteiger partial charge in [-0.1, -0.05) is 153 Å². The molecular formula is C66H45NO. The second-order valence-corrected chi connectivity index (χ2v) is 20.2. The van der Waals surface area contributed by atoms with E-state index in [9.17, 15) is 0 Å². The molecule has 1 aromatic heterocycles. The van der Waals surface area contributed by atoms with Gasteiger partial charge in [0.15, 0.2) is 5.78 Å². The molecule has 0 bridgehead atoms. The Morgan fingerprint density at radius 1 is 0.574 bits per heavy atom. The van der Waals surface area contributed by atoms with Crippen LogP contribution in [0.1, 0.15) is 121 Å². The first kappa shape index (κ1) is 38.1. The van der Waals surface area contributed by atoms with Gasteiger partial charge in [-0.3, -0.25) is 4.79 Å². The van der Waals surface area contributed by atoms with E-state index in [1.807, 2.05) is 12.1 Å². The number of carbonyl (C=O) groups excluding carboxylic acids is 1. The standard InChI is InChI=1S/C66H45NO/c1-4-40-24-28-48-50-30-26-42(36-59(50)65(57(48)34-40)53-18-8-5-14-44(53)45-15-6-9-19-54(45)65)64(68)41-25-29-49-46-16-7-10-20-55(46)66(58(49)35-41)56-21-12-17-47(56)51-31-27-43(37-60(51)66)67-61-32-23-38(2)33-52(61)63-39(3)13-11-22-62(63)67/h1,5-12,14-20,22-32,34-39H,13,21,33H2,2-3H3. The first-order valence-electron chi connectivity index (χ1n) is 24.3. The third-order valence-corrected chi connectivity index (χ3v) is 16.9. The zero-order chi connectivity index (χ0) is 45.2. The molecule has 1 heterocycles. The van der Waals surface area contributed by atoms with Gasteiger partial charge in [-0.25, -0.2) is 0 Å². The predicted octanol–water partition coefficient (Wildman–Crippen LogP) is 14.8. The summed E-state index contributed by atoms with van der Waals surface area (Å²) in [6, 6.07) is 53.2. The van der Waals surface area contributed by atoms with Crippen LogP contribution in [-0.2, 0) is 17.3 Å². The highest BCUT2D eigenvalue weighted by Crippen LogP contribution is 2.65. The normalized spacial score (nSPS) is 20.3. The molecule has 0 aliphatic heterocycles. The van der Waals surface area contributed by atoms with Crippen LogP contribution in [0.3, 0.4) is 0 Å². The summed E-state index contributed by atoms with van der Waals surface area (Å²) >= 11 is 0. The zero-order valence-corrected chi connectivity index (χ0v) is 38.0. The molecule has 320 valence electrons. The van der Waals surface area contributed by atoms with Crippen LogP contribution >= 0.6 is 0 Å². The molecule has 7 aliphatic rings. The predicted molar refractivity (Wildman–Crippen MR) is 276 cm³/mol. The number of rotatable bonds is 3. The molecule has 3 unspecified atom stereocenters. The lowest BCUT2D eigenvalue weighted by atomic mass is 9.68. The summed E-state index contributed by atoms with van der Waals surface area (Å²) in [6.07, 6.45) is 23.3. The maximum atomic E-state index is 15.5. The van der Waals surface area contributed by atoms with Crippen molar-refractivity contribution in [2.75, 3.05) is 0 Å². The highest BCUT2D eigenvalue weighted by molar-refractivity contribution is 6.11. The van der Waals surface area contributed by atoms with E-state index in [-0.39, 0.29) is 5.78 Å². The van der Waals surface area contributed by atoms with Crippen molar-refractivity contribution in [3.05, 3.63) is 259 Å². The monoisotopic (exact) mass is 867 g/mol. The Hall–Kier alpha value is -7.99. The fraction of sp³-hybridized carbons (Fsp3) is 0.136. The van der Waals surface area contributed by atoms with Crippen LogP contribution in [0.15, 0.2) is 175 Å². The number of carbonyl (C=O) groups is 1. The van der Waals surface area contributed by atoms with Gasteiger partial charge in [0.05, 0.1) is 10.8 Å². The SMILES string of the molecule is C#Cc1ccc2c(c1)C1(c3ccccc3-c3ccccc31)c1cc(C(=O)c3ccc4c(c3)C3(C5=C(C=CC5)c5ccc(-n6c7c(c8c6C=CCC8C)CC(C)C=C7)cc53)c3ccccc3-4)ccc1-2. The molecule has 7 aliphatic carbocycles. The van der Waals surface area contributed by atoms with Crippen LogP contribution in [0, 0.1) is 18.3 Å². The molecule has 15 rings (SSSR count). The van der Waals surface area contributed by atoms with Crippen molar-refractivity contribution in [1.82, 2.24) is 4.57 Å². The van der Waals surface area contributed by atoms with E-state index in [1.165, 1.54) is 101 Å². The van der Waals surface area contributed by atoms with Gasteiger partial charge in [0.2, 0.25) is 0 Å². The molecule has 7 aromatic carbocycles. The third-order valence-electron chi connectivity index (χ3n) is 16.9. The minimum Gasteiger partial charge on any atom is -0.310 e. The smallest absolute Gasteiger partial charge is 0.193 e. The number of benzene rings is 7. The quantitative estimate of drug-likeness (QED) is 0.128.